The van der Waals surface area contributed by atoms with E-state index < -0.39 is 58.8 Å². The molecule has 14 atom stereocenters. The first-order valence-corrected chi connectivity index (χ1v) is 14.8. The van der Waals surface area contributed by atoms with Gasteiger partial charge in [0.1, 0.15) is 29.5 Å². The monoisotopic (exact) mass is 573 g/mol. The lowest BCUT2D eigenvalue weighted by Gasteiger charge is -2.69. The minimum atomic E-state index is -1.76. The predicted molar refractivity (Wildman–Crippen MR) is 145 cm³/mol. The summed E-state index contributed by atoms with van der Waals surface area (Å²) >= 11 is 0. The number of hydrogen-bond donors (Lipinski definition) is 3. The van der Waals surface area contributed by atoms with Gasteiger partial charge < -0.3 is 43.9 Å². The summed E-state index contributed by atoms with van der Waals surface area (Å²) in [6.45, 7) is 1.29. The number of aliphatic hydroxyl groups excluding tert-OH is 1. The molecule has 1 aromatic rings. The van der Waals surface area contributed by atoms with Crippen molar-refractivity contribution in [3.63, 3.8) is 0 Å². The van der Waals surface area contributed by atoms with Crippen LogP contribution in [-0.2, 0) is 23.7 Å². The number of rotatable bonds is 7. The van der Waals surface area contributed by atoms with E-state index in [-0.39, 0.29) is 35.8 Å². The predicted octanol–water partition coefficient (Wildman–Crippen LogP) is 0.716. The number of methoxy groups -OCH3 is 4. The number of aliphatic hydroxyl groups is 3. The number of benzene rings is 1. The Morgan fingerprint density at radius 2 is 1.76 bits per heavy atom. The molecule has 1 spiro atoms. The number of likely N-dealkylation sites (tertiary alicyclic amines) is 1. The highest BCUT2D eigenvalue weighted by atomic mass is 16.6. The molecule has 41 heavy (non-hydrogen) atoms. The van der Waals surface area contributed by atoms with E-state index >= 15 is 0 Å². The molecule has 0 unspecified atom stereocenters. The zero-order valence-corrected chi connectivity index (χ0v) is 24.4. The second-order valence-corrected chi connectivity index (χ2v) is 13.6. The second-order valence-electron chi connectivity index (χ2n) is 13.6. The molecule has 5 saturated carbocycles. The number of esters is 1. The van der Waals surface area contributed by atoms with Gasteiger partial charge in [0.15, 0.2) is 0 Å². The van der Waals surface area contributed by atoms with Crippen LogP contribution in [0.4, 0.5) is 0 Å². The molecule has 1 saturated heterocycles. The number of fused-ring (bicyclic) bond motifs is 2. The smallest absolute Gasteiger partial charge is 0.338 e. The van der Waals surface area contributed by atoms with Gasteiger partial charge in [-0.05, 0) is 44.4 Å². The van der Waals surface area contributed by atoms with E-state index in [0.717, 1.165) is 19.4 Å². The van der Waals surface area contributed by atoms with Crippen molar-refractivity contribution < 1.29 is 43.8 Å². The molecule has 10 nitrogen and oxygen atoms in total. The molecule has 7 rings (SSSR count). The average molecular weight is 574 g/mol. The maximum Gasteiger partial charge on any atom is 0.338 e. The van der Waals surface area contributed by atoms with Crippen LogP contribution < -0.4 is 0 Å². The van der Waals surface area contributed by atoms with Gasteiger partial charge in [0.2, 0.25) is 0 Å². The van der Waals surface area contributed by atoms with E-state index in [4.69, 9.17) is 23.7 Å². The highest BCUT2D eigenvalue weighted by molar-refractivity contribution is 5.89. The van der Waals surface area contributed by atoms with Crippen LogP contribution >= 0.6 is 0 Å². The Morgan fingerprint density at radius 3 is 2.39 bits per heavy atom. The van der Waals surface area contributed by atoms with Crippen LogP contribution in [0.1, 0.15) is 29.6 Å². The third-order valence-electron chi connectivity index (χ3n) is 12.5. The summed E-state index contributed by atoms with van der Waals surface area (Å²) in [5.41, 5.74) is -3.95. The zero-order chi connectivity index (χ0) is 29.1. The van der Waals surface area contributed by atoms with Gasteiger partial charge in [-0.15, -0.1) is 0 Å². The molecule has 6 fully saturated rings. The lowest BCUT2D eigenvalue weighted by molar-refractivity contribution is -0.313. The zero-order valence-electron chi connectivity index (χ0n) is 24.4. The fourth-order valence-electron chi connectivity index (χ4n) is 11.8. The lowest BCUT2D eigenvalue weighted by atomic mass is 9.43. The van der Waals surface area contributed by atoms with Crippen molar-refractivity contribution in [1.29, 1.82) is 0 Å². The molecule has 7 bridgehead atoms. The van der Waals surface area contributed by atoms with Gasteiger partial charge in [-0.1, -0.05) is 18.2 Å². The maximum absolute atomic E-state index is 13.5. The summed E-state index contributed by atoms with van der Waals surface area (Å²) < 4.78 is 30.6. The minimum Gasteiger partial charge on any atom is -0.455 e. The number of nitrogens with zero attached hydrogens (tertiary/aromatic N) is 1. The van der Waals surface area contributed by atoms with Crippen LogP contribution in [0.25, 0.3) is 0 Å². The number of carbonyl (C=O) groups excluding carboxylic acids is 1. The van der Waals surface area contributed by atoms with Gasteiger partial charge in [-0.2, -0.15) is 0 Å². The van der Waals surface area contributed by atoms with E-state index in [2.05, 4.69) is 11.9 Å². The number of piperidine rings is 1. The van der Waals surface area contributed by atoms with Crippen LogP contribution in [0.2, 0.25) is 0 Å². The molecule has 1 aromatic carbocycles. The number of carbonyl (C=O) groups is 1. The lowest BCUT2D eigenvalue weighted by Crippen LogP contribution is -2.79. The van der Waals surface area contributed by atoms with E-state index in [1.165, 1.54) is 7.11 Å². The molecule has 0 amide bonds. The Kier molecular flexibility index (Phi) is 6.31. The van der Waals surface area contributed by atoms with Crippen LogP contribution in [0, 0.1) is 34.5 Å². The van der Waals surface area contributed by atoms with Gasteiger partial charge in [0, 0.05) is 69.6 Å². The maximum atomic E-state index is 13.5. The normalized spacial score (nSPS) is 52.9. The fourth-order valence-corrected chi connectivity index (χ4v) is 11.8. The summed E-state index contributed by atoms with van der Waals surface area (Å²) in [7, 11) is 8.65. The van der Waals surface area contributed by atoms with Crippen molar-refractivity contribution in [1.82, 2.24) is 4.90 Å². The van der Waals surface area contributed by atoms with Gasteiger partial charge in [-0.25, -0.2) is 4.79 Å². The van der Waals surface area contributed by atoms with Gasteiger partial charge >= 0.3 is 5.97 Å². The van der Waals surface area contributed by atoms with Crippen LogP contribution in [-0.4, -0.2) is 123 Å². The first-order valence-electron chi connectivity index (χ1n) is 14.8. The Balaban J connectivity index is 1.46. The molecule has 226 valence electrons. The summed E-state index contributed by atoms with van der Waals surface area (Å²) in [4.78, 5) is 15.8. The first-order chi connectivity index (χ1) is 19.6. The second kappa shape index (κ2) is 9.19. The summed E-state index contributed by atoms with van der Waals surface area (Å²) in [6, 6.07) is 8.46. The summed E-state index contributed by atoms with van der Waals surface area (Å²) in [5, 5.41) is 37.6. The van der Waals surface area contributed by atoms with Crippen molar-refractivity contribution >= 4 is 5.97 Å². The van der Waals surface area contributed by atoms with E-state index in [1.807, 2.05) is 6.07 Å². The van der Waals surface area contributed by atoms with Crippen LogP contribution in [0.3, 0.4) is 0 Å². The molecule has 6 aliphatic rings. The van der Waals surface area contributed by atoms with Crippen molar-refractivity contribution in [2.75, 3.05) is 48.6 Å². The fraction of sp³-hybridized carbons (Fsp3) is 0.774. The largest absolute Gasteiger partial charge is 0.455 e. The van der Waals surface area contributed by atoms with Crippen LogP contribution in [0.15, 0.2) is 30.3 Å². The first kappa shape index (κ1) is 28.2. The molecule has 5 aliphatic carbocycles. The van der Waals surface area contributed by atoms with E-state index in [0.29, 0.717) is 12.2 Å². The Morgan fingerprint density at radius 1 is 1.02 bits per heavy atom. The molecular weight excluding hydrogens is 530 g/mol. The molecule has 10 heteroatoms. The Hall–Kier alpha value is -1.63. The molecule has 3 N–H and O–H groups in total. The van der Waals surface area contributed by atoms with Crippen molar-refractivity contribution in [2.45, 2.75) is 67.0 Å². The summed E-state index contributed by atoms with van der Waals surface area (Å²) in [5.74, 6) is -2.30. The average Bonchev–Trinajstić information content (AvgIpc) is 3.36. The molecule has 0 radical (unpaired) electrons. The SMILES string of the molecule is COC[C@@]12CC[C@H](OC)[C@@]34[C@@H]5C[C@@]6(O)[C@@H](OC(=O)c7ccccc7)[C@@H]5[C@@](O)([C@@H]([C@H](OC)[C@@H]13)[C@H]4N(C)C2)[C@@H](O)[C@@H]6OC. The van der Waals surface area contributed by atoms with Gasteiger partial charge in [-0.3, -0.25) is 0 Å². The molecule has 1 aliphatic heterocycles. The minimum absolute atomic E-state index is 0.0644. The number of hydrogen-bond acceptors (Lipinski definition) is 10. The van der Waals surface area contributed by atoms with E-state index in [9.17, 15) is 20.1 Å². The van der Waals surface area contributed by atoms with E-state index in [1.54, 1.807) is 45.6 Å². The molecule has 1 heterocycles. The van der Waals surface area contributed by atoms with Crippen LogP contribution in [0.5, 0.6) is 0 Å². The standard InChI is InChI=1S/C31H43NO9/c1-32-14-28(15-37-2)12-11-18(38-3)30-17-13-29(35)25(41-27(34)16-9-7-6-8-10-16)19(17)31(36,24(33)26(29)40-5)20(23(30)32)21(39-4)22(28)30/h6-10,17-26,33,35-36H,11-15H2,1-5H3/t17-,18+,19-,20+,21+,22+,23-,24+,25+,26+,28+,29-,30+,31-/m1/s1. The third-order valence-corrected chi connectivity index (χ3v) is 12.5. The van der Waals surface area contributed by atoms with Crippen molar-refractivity contribution in [2.24, 2.45) is 34.5 Å². The van der Waals surface area contributed by atoms with Gasteiger partial charge in [0.25, 0.3) is 0 Å². The van der Waals surface area contributed by atoms with Crippen molar-refractivity contribution in [3.05, 3.63) is 35.9 Å². The van der Waals surface area contributed by atoms with Crippen molar-refractivity contribution in [3.8, 4) is 0 Å². The highest BCUT2D eigenvalue weighted by Crippen LogP contribution is 2.80. The highest BCUT2D eigenvalue weighted by Gasteiger charge is 2.90. The Labute approximate surface area is 240 Å². The quantitative estimate of drug-likeness (QED) is 0.402. The summed E-state index contributed by atoms with van der Waals surface area (Å²) in [6.07, 6.45) is -2.45. The molecular formula is C31H43NO9. The third kappa shape index (κ3) is 3.08. The number of ether oxygens (including phenoxy) is 5. The topological polar surface area (TPSA) is 127 Å². The molecule has 0 aromatic heterocycles. The Bertz CT molecular complexity index is 1200. The van der Waals surface area contributed by atoms with Gasteiger partial charge in [0.05, 0.1) is 24.4 Å².